The fraction of sp³-hybridized carbons (Fsp3) is 0.308. The van der Waals surface area contributed by atoms with Gasteiger partial charge in [0.15, 0.2) is 0 Å². The molecule has 1 aromatic carbocycles. The predicted molar refractivity (Wildman–Crippen MR) is 59.0 cm³/mol. The lowest BCUT2D eigenvalue weighted by Gasteiger charge is -1.96. The van der Waals surface area contributed by atoms with Crippen LogP contribution in [-0.4, -0.2) is 10.9 Å². The second kappa shape index (κ2) is 3.39. The third-order valence-corrected chi connectivity index (χ3v) is 2.99. The molecule has 1 heterocycles. The minimum Gasteiger partial charge on any atom is -0.441 e. The van der Waals surface area contributed by atoms with E-state index in [1.165, 1.54) is 6.20 Å². The van der Waals surface area contributed by atoms with Gasteiger partial charge in [-0.1, -0.05) is 17.7 Å². The highest BCUT2D eigenvalue weighted by molar-refractivity contribution is 5.53. The predicted octanol–water partition coefficient (Wildman–Crippen LogP) is 3.77. The molecule has 88 valence electrons. The molecule has 3 rings (SSSR count). The van der Waals surface area contributed by atoms with Crippen molar-refractivity contribution in [2.45, 2.75) is 25.2 Å². The van der Waals surface area contributed by atoms with Crippen LogP contribution in [0.2, 0.25) is 0 Å². The summed E-state index contributed by atoms with van der Waals surface area (Å²) in [6.45, 7) is 1.98. The fourth-order valence-corrected chi connectivity index (χ4v) is 1.80. The Hall–Kier alpha value is -1.71. The van der Waals surface area contributed by atoms with Gasteiger partial charge in [0.2, 0.25) is 5.89 Å². The first-order valence-electron chi connectivity index (χ1n) is 5.47. The van der Waals surface area contributed by atoms with Crippen LogP contribution in [0.4, 0.5) is 8.78 Å². The summed E-state index contributed by atoms with van der Waals surface area (Å²) in [4.78, 5) is 4.04. The van der Waals surface area contributed by atoms with Crippen molar-refractivity contribution in [3.63, 3.8) is 0 Å². The number of hydrogen-bond acceptors (Lipinski definition) is 2. The number of halogens is 2. The largest absolute Gasteiger partial charge is 0.441 e. The highest BCUT2D eigenvalue weighted by Gasteiger charge is 2.59. The van der Waals surface area contributed by atoms with Crippen LogP contribution in [0, 0.1) is 6.92 Å². The van der Waals surface area contributed by atoms with Gasteiger partial charge in [-0.25, -0.2) is 13.8 Å². The van der Waals surface area contributed by atoms with Crippen molar-refractivity contribution in [3.05, 3.63) is 41.8 Å². The van der Waals surface area contributed by atoms with Gasteiger partial charge in [0.05, 0.1) is 12.1 Å². The van der Waals surface area contributed by atoms with Gasteiger partial charge in [-0.15, -0.1) is 0 Å². The molecule has 1 aromatic heterocycles. The van der Waals surface area contributed by atoms with E-state index >= 15 is 0 Å². The van der Waals surface area contributed by atoms with E-state index in [0.29, 0.717) is 5.89 Å². The molecule has 0 spiro atoms. The lowest BCUT2D eigenvalue weighted by molar-refractivity contribution is 0.109. The summed E-state index contributed by atoms with van der Waals surface area (Å²) in [5.41, 5.74) is 1.94. The molecule has 0 saturated heterocycles. The average Bonchev–Trinajstić information content (AvgIpc) is 2.76. The maximum absolute atomic E-state index is 12.9. The van der Waals surface area contributed by atoms with E-state index in [4.69, 9.17) is 4.42 Å². The smallest absolute Gasteiger partial charge is 0.259 e. The molecule has 1 aliphatic carbocycles. The zero-order valence-corrected chi connectivity index (χ0v) is 9.28. The molecule has 0 bridgehead atoms. The number of nitrogens with zero attached hydrogens (tertiary/aromatic N) is 1. The van der Waals surface area contributed by atoms with Gasteiger partial charge in [-0.3, -0.25) is 0 Å². The summed E-state index contributed by atoms with van der Waals surface area (Å²) >= 11 is 0. The van der Waals surface area contributed by atoms with E-state index in [0.717, 1.165) is 11.1 Å². The van der Waals surface area contributed by atoms with E-state index in [9.17, 15) is 8.78 Å². The van der Waals surface area contributed by atoms with Crippen LogP contribution in [-0.2, 0) is 0 Å². The maximum atomic E-state index is 12.9. The Labute approximate surface area is 97.3 Å². The Bertz CT molecular complexity index is 545. The highest BCUT2D eigenvalue weighted by Crippen LogP contribution is 2.56. The van der Waals surface area contributed by atoms with E-state index in [1.54, 1.807) is 0 Å². The Morgan fingerprint density at radius 3 is 2.53 bits per heavy atom. The summed E-state index contributed by atoms with van der Waals surface area (Å²) in [7, 11) is 0. The molecular weight excluding hydrogens is 224 g/mol. The van der Waals surface area contributed by atoms with Gasteiger partial charge >= 0.3 is 0 Å². The number of rotatable bonds is 2. The topological polar surface area (TPSA) is 26.0 Å². The van der Waals surface area contributed by atoms with Crippen molar-refractivity contribution in [2.75, 3.05) is 0 Å². The van der Waals surface area contributed by atoms with Crippen molar-refractivity contribution in [3.8, 4) is 11.5 Å². The third-order valence-electron chi connectivity index (χ3n) is 2.99. The van der Waals surface area contributed by atoms with Crippen LogP contribution >= 0.6 is 0 Å². The second-order valence-electron chi connectivity index (χ2n) is 4.45. The minimum absolute atomic E-state index is 0.129. The molecule has 1 fully saturated rings. The van der Waals surface area contributed by atoms with Crippen molar-refractivity contribution >= 4 is 0 Å². The minimum atomic E-state index is -2.61. The maximum Gasteiger partial charge on any atom is 0.259 e. The fourth-order valence-electron chi connectivity index (χ4n) is 1.80. The Morgan fingerprint density at radius 1 is 1.29 bits per heavy atom. The van der Waals surface area contributed by atoms with Gasteiger partial charge in [-0.2, -0.15) is 0 Å². The monoisotopic (exact) mass is 235 g/mol. The molecule has 0 N–H and O–H groups in total. The lowest BCUT2D eigenvalue weighted by atomic mass is 10.1. The number of aryl methyl sites for hydroxylation is 1. The number of hydrogen-bond donors (Lipinski definition) is 0. The second-order valence-corrected chi connectivity index (χ2v) is 4.45. The first-order valence-corrected chi connectivity index (χ1v) is 5.47. The number of alkyl halides is 2. The van der Waals surface area contributed by atoms with Crippen molar-refractivity contribution in [1.29, 1.82) is 0 Å². The van der Waals surface area contributed by atoms with Gasteiger partial charge < -0.3 is 4.42 Å². The molecule has 0 amide bonds. The number of oxazole rings is 1. The Balaban J connectivity index is 1.88. The molecule has 1 saturated carbocycles. The molecule has 0 radical (unpaired) electrons. The van der Waals surface area contributed by atoms with E-state index in [-0.39, 0.29) is 12.2 Å². The molecule has 1 aliphatic rings. The molecule has 2 aromatic rings. The molecule has 1 unspecified atom stereocenters. The van der Waals surface area contributed by atoms with Crippen LogP contribution < -0.4 is 0 Å². The van der Waals surface area contributed by atoms with Gasteiger partial charge in [0.25, 0.3) is 5.92 Å². The molecular formula is C13H11F2NO. The summed E-state index contributed by atoms with van der Waals surface area (Å²) in [6, 6.07) is 7.61. The normalized spacial score (nSPS) is 21.5. The van der Waals surface area contributed by atoms with Crippen molar-refractivity contribution in [1.82, 2.24) is 4.98 Å². The van der Waals surface area contributed by atoms with Gasteiger partial charge in [0, 0.05) is 12.0 Å². The summed E-state index contributed by atoms with van der Waals surface area (Å²) in [5.74, 6) is -2.70. The average molecular weight is 235 g/mol. The molecule has 0 aliphatic heterocycles. The molecule has 17 heavy (non-hydrogen) atoms. The summed E-state index contributed by atoms with van der Waals surface area (Å²) in [6.07, 6.45) is 1.27. The van der Waals surface area contributed by atoms with Crippen LogP contribution in [0.3, 0.4) is 0 Å². The standard InChI is InChI=1S/C13H11F2NO/c1-8-2-4-9(5-3-8)12-16-7-11(17-12)10-6-13(10,14)15/h2-5,7,10H,6H2,1H3. The van der Waals surface area contributed by atoms with Crippen LogP contribution in [0.5, 0.6) is 0 Å². The van der Waals surface area contributed by atoms with Gasteiger partial charge in [0.1, 0.15) is 5.76 Å². The Kier molecular flexibility index (Phi) is 2.08. The van der Waals surface area contributed by atoms with E-state index in [2.05, 4.69) is 4.98 Å². The van der Waals surface area contributed by atoms with Gasteiger partial charge in [-0.05, 0) is 19.1 Å². The zero-order chi connectivity index (χ0) is 12.0. The summed E-state index contributed by atoms with van der Waals surface area (Å²) in [5, 5.41) is 0. The number of aromatic nitrogens is 1. The molecule has 1 atom stereocenters. The molecule has 2 nitrogen and oxygen atoms in total. The lowest BCUT2D eigenvalue weighted by Crippen LogP contribution is -1.90. The number of benzene rings is 1. The third kappa shape index (κ3) is 1.84. The molecule has 4 heteroatoms. The van der Waals surface area contributed by atoms with Crippen molar-refractivity contribution in [2.24, 2.45) is 0 Å². The van der Waals surface area contributed by atoms with Crippen LogP contribution in [0.1, 0.15) is 23.7 Å². The van der Waals surface area contributed by atoms with E-state index < -0.39 is 11.8 Å². The summed E-state index contributed by atoms with van der Waals surface area (Å²) < 4.78 is 31.1. The quantitative estimate of drug-likeness (QED) is 0.791. The first-order chi connectivity index (χ1) is 8.06. The Morgan fingerprint density at radius 2 is 1.94 bits per heavy atom. The van der Waals surface area contributed by atoms with Crippen LogP contribution in [0.15, 0.2) is 34.9 Å². The van der Waals surface area contributed by atoms with Crippen LogP contribution in [0.25, 0.3) is 11.5 Å². The zero-order valence-electron chi connectivity index (χ0n) is 9.28. The SMILES string of the molecule is Cc1ccc(-c2ncc(C3CC3(F)F)o2)cc1. The van der Waals surface area contributed by atoms with E-state index in [1.807, 2.05) is 31.2 Å². The van der Waals surface area contributed by atoms with Crippen molar-refractivity contribution < 1.29 is 13.2 Å². The highest BCUT2D eigenvalue weighted by atomic mass is 19.3. The first kappa shape index (κ1) is 10.4.